The summed E-state index contributed by atoms with van der Waals surface area (Å²) in [4.78, 5) is 14.1. The van der Waals surface area contributed by atoms with E-state index in [1.165, 1.54) is 11.0 Å². The number of nitrogens with zero attached hydrogens (tertiary/aromatic N) is 2. The SMILES string of the molecule is CN(CC1=CNN(CCO[Si](C)(C)C(C)(C)C)C1)C(=O)c1cccc(Br)c1F. The molecule has 0 atom stereocenters. The van der Waals surface area contributed by atoms with Crippen LogP contribution in [-0.2, 0) is 4.43 Å². The van der Waals surface area contributed by atoms with Crippen LogP contribution in [0.5, 0.6) is 0 Å². The van der Waals surface area contributed by atoms with Crippen LogP contribution < -0.4 is 5.43 Å². The van der Waals surface area contributed by atoms with Gasteiger partial charge in [-0.2, -0.15) is 0 Å². The molecule has 1 amide bonds. The third-order valence-corrected chi connectivity index (χ3v) is 10.6. The first-order valence-electron chi connectivity index (χ1n) is 9.45. The summed E-state index contributed by atoms with van der Waals surface area (Å²) < 4.78 is 20.7. The molecule has 0 saturated heterocycles. The van der Waals surface area contributed by atoms with E-state index in [-0.39, 0.29) is 16.5 Å². The van der Waals surface area contributed by atoms with Crippen LogP contribution in [0.4, 0.5) is 4.39 Å². The molecular formula is C20H31BrFN3O2Si. The highest BCUT2D eigenvalue weighted by atomic mass is 79.9. The molecule has 0 spiro atoms. The van der Waals surface area contributed by atoms with Crippen molar-refractivity contribution in [1.82, 2.24) is 15.3 Å². The molecule has 28 heavy (non-hydrogen) atoms. The Bertz CT molecular complexity index is 749. The van der Waals surface area contributed by atoms with Gasteiger partial charge in [0.05, 0.1) is 10.0 Å². The summed E-state index contributed by atoms with van der Waals surface area (Å²) in [6.45, 7) is 13.8. The Morgan fingerprint density at radius 3 is 2.71 bits per heavy atom. The molecule has 0 aromatic heterocycles. The highest BCUT2D eigenvalue weighted by Gasteiger charge is 2.37. The average molecular weight is 472 g/mol. The molecule has 0 radical (unpaired) electrons. The molecule has 0 saturated carbocycles. The molecule has 0 aliphatic carbocycles. The molecule has 0 fully saturated rings. The second-order valence-corrected chi connectivity index (χ2v) is 14.4. The maximum atomic E-state index is 14.2. The van der Waals surface area contributed by atoms with E-state index in [0.29, 0.717) is 24.2 Å². The van der Waals surface area contributed by atoms with Gasteiger partial charge in [-0.1, -0.05) is 26.8 Å². The molecule has 8 heteroatoms. The van der Waals surface area contributed by atoms with Gasteiger partial charge in [-0.05, 0) is 51.8 Å². The van der Waals surface area contributed by atoms with Gasteiger partial charge in [-0.3, -0.25) is 4.79 Å². The van der Waals surface area contributed by atoms with Crippen LogP contribution in [0.1, 0.15) is 31.1 Å². The van der Waals surface area contributed by atoms with Crippen LogP contribution in [0.25, 0.3) is 0 Å². The standard InChI is InChI=1S/C20H31BrFN3O2Si/c1-20(2,3)28(5,6)27-11-10-25-14-15(12-23-25)13-24(4)19(26)16-8-7-9-17(21)18(16)22/h7-9,12,23H,10-11,13-14H2,1-6H3. The lowest BCUT2D eigenvalue weighted by Gasteiger charge is -2.36. The van der Waals surface area contributed by atoms with Crippen LogP contribution >= 0.6 is 15.9 Å². The molecule has 1 heterocycles. The van der Waals surface area contributed by atoms with E-state index in [4.69, 9.17) is 4.43 Å². The van der Waals surface area contributed by atoms with E-state index in [1.807, 2.05) is 6.20 Å². The Hall–Kier alpha value is -1.22. The average Bonchev–Trinajstić information content (AvgIpc) is 3.02. The van der Waals surface area contributed by atoms with Gasteiger partial charge in [0, 0.05) is 39.5 Å². The molecule has 156 valence electrons. The van der Waals surface area contributed by atoms with Gasteiger partial charge in [-0.25, -0.2) is 9.40 Å². The Labute approximate surface area is 177 Å². The number of hydrogen-bond donors (Lipinski definition) is 1. The van der Waals surface area contributed by atoms with Crippen molar-refractivity contribution in [3.8, 4) is 0 Å². The number of nitrogens with one attached hydrogen (secondary N) is 1. The number of amides is 1. The molecule has 0 bridgehead atoms. The number of rotatable bonds is 7. The molecule has 2 rings (SSSR count). The van der Waals surface area contributed by atoms with Crippen molar-refractivity contribution >= 4 is 30.2 Å². The zero-order valence-electron chi connectivity index (χ0n) is 17.6. The Morgan fingerprint density at radius 1 is 1.39 bits per heavy atom. The van der Waals surface area contributed by atoms with Crippen LogP contribution in [-0.4, -0.2) is 57.4 Å². The summed E-state index contributed by atoms with van der Waals surface area (Å²) in [7, 11) is -0.0589. The predicted molar refractivity (Wildman–Crippen MR) is 117 cm³/mol. The van der Waals surface area contributed by atoms with Gasteiger partial charge in [0.2, 0.25) is 0 Å². The minimum atomic E-state index is -1.75. The van der Waals surface area contributed by atoms with Gasteiger partial charge >= 0.3 is 0 Å². The van der Waals surface area contributed by atoms with Crippen molar-refractivity contribution in [1.29, 1.82) is 0 Å². The molecule has 5 nitrogen and oxygen atoms in total. The summed E-state index contributed by atoms with van der Waals surface area (Å²) in [5.41, 5.74) is 4.36. The summed E-state index contributed by atoms with van der Waals surface area (Å²) in [6, 6.07) is 4.75. The van der Waals surface area contributed by atoms with Gasteiger partial charge in [0.15, 0.2) is 8.32 Å². The fourth-order valence-electron chi connectivity index (χ4n) is 2.64. The van der Waals surface area contributed by atoms with E-state index in [2.05, 4.69) is 60.2 Å². The van der Waals surface area contributed by atoms with E-state index in [9.17, 15) is 9.18 Å². The largest absolute Gasteiger partial charge is 0.415 e. The highest BCUT2D eigenvalue weighted by molar-refractivity contribution is 9.10. The minimum Gasteiger partial charge on any atom is -0.415 e. The second-order valence-electron chi connectivity index (χ2n) is 8.72. The third-order valence-electron chi connectivity index (χ3n) is 5.44. The lowest BCUT2D eigenvalue weighted by molar-refractivity contribution is 0.0800. The van der Waals surface area contributed by atoms with Crippen molar-refractivity contribution < 1.29 is 13.6 Å². The van der Waals surface area contributed by atoms with Gasteiger partial charge < -0.3 is 14.8 Å². The maximum absolute atomic E-state index is 14.2. The molecule has 1 N–H and O–H groups in total. The second kappa shape index (κ2) is 9.07. The first kappa shape index (κ1) is 23.1. The first-order valence-corrected chi connectivity index (χ1v) is 13.1. The fraction of sp³-hybridized carbons (Fsp3) is 0.550. The highest BCUT2D eigenvalue weighted by Crippen LogP contribution is 2.36. The molecule has 1 aliphatic rings. The predicted octanol–water partition coefficient (Wildman–Crippen LogP) is 4.39. The molecule has 1 aliphatic heterocycles. The minimum absolute atomic E-state index is 0.0723. The third kappa shape index (κ3) is 5.65. The van der Waals surface area contributed by atoms with Gasteiger partial charge in [0.1, 0.15) is 5.82 Å². The zero-order chi connectivity index (χ0) is 21.1. The maximum Gasteiger partial charge on any atom is 0.256 e. The molecule has 0 unspecified atom stereocenters. The Kier molecular flexibility index (Phi) is 7.47. The Balaban J connectivity index is 1.82. The van der Waals surface area contributed by atoms with E-state index in [1.54, 1.807) is 19.2 Å². The smallest absolute Gasteiger partial charge is 0.256 e. The van der Waals surface area contributed by atoms with Gasteiger partial charge in [0.25, 0.3) is 5.91 Å². The molecular weight excluding hydrogens is 441 g/mol. The number of halogens is 2. The number of carbonyl (C=O) groups is 1. The van der Waals surface area contributed by atoms with Crippen molar-refractivity contribution in [3.05, 3.63) is 45.8 Å². The lowest BCUT2D eigenvalue weighted by atomic mass is 10.1. The van der Waals surface area contributed by atoms with Crippen LogP contribution in [0.15, 0.2) is 34.4 Å². The van der Waals surface area contributed by atoms with E-state index >= 15 is 0 Å². The van der Waals surface area contributed by atoms with Crippen molar-refractivity contribution in [3.63, 3.8) is 0 Å². The number of benzene rings is 1. The summed E-state index contributed by atoms with van der Waals surface area (Å²) in [5, 5.41) is 2.26. The van der Waals surface area contributed by atoms with Crippen LogP contribution in [0.3, 0.4) is 0 Å². The number of hydrazine groups is 1. The summed E-state index contributed by atoms with van der Waals surface area (Å²) in [5.74, 6) is -0.860. The molecule has 1 aromatic carbocycles. The van der Waals surface area contributed by atoms with Crippen molar-refractivity contribution in [2.45, 2.75) is 38.9 Å². The van der Waals surface area contributed by atoms with Gasteiger partial charge in [-0.15, -0.1) is 0 Å². The number of hydrogen-bond acceptors (Lipinski definition) is 4. The topological polar surface area (TPSA) is 44.8 Å². The van der Waals surface area contributed by atoms with Crippen molar-refractivity contribution in [2.75, 3.05) is 33.3 Å². The quantitative estimate of drug-likeness (QED) is 0.598. The fourth-order valence-corrected chi connectivity index (χ4v) is 4.04. The monoisotopic (exact) mass is 471 g/mol. The summed E-state index contributed by atoms with van der Waals surface area (Å²) >= 11 is 3.13. The van der Waals surface area contributed by atoms with Crippen LogP contribution in [0, 0.1) is 5.82 Å². The lowest BCUT2D eigenvalue weighted by Crippen LogP contribution is -2.43. The number of carbonyl (C=O) groups excluding carboxylic acids is 1. The zero-order valence-corrected chi connectivity index (χ0v) is 20.2. The molecule has 1 aromatic rings. The van der Waals surface area contributed by atoms with Crippen molar-refractivity contribution in [2.24, 2.45) is 0 Å². The van der Waals surface area contributed by atoms with E-state index in [0.717, 1.165) is 12.1 Å². The summed E-state index contributed by atoms with van der Waals surface area (Å²) in [6.07, 6.45) is 1.91. The van der Waals surface area contributed by atoms with E-state index < -0.39 is 14.1 Å². The normalized spacial score (nSPS) is 15.4. The number of likely N-dealkylation sites (N-methyl/N-ethyl adjacent to an activating group) is 1. The Morgan fingerprint density at radius 2 is 2.07 bits per heavy atom. The first-order chi connectivity index (χ1) is 12.9. The van der Waals surface area contributed by atoms with Crippen LogP contribution in [0.2, 0.25) is 18.1 Å².